The standard InChI is InChI=1S/C11H10O7.H2O/c12-7(6-4-2-1-3-5-6)11(18,10(16)17)8(13)9(14)15;/h1-5,8,13,18H,(H,14,15)(H,16,17);1H2. The van der Waals surface area contributed by atoms with Crippen molar-refractivity contribution in [1.29, 1.82) is 0 Å². The van der Waals surface area contributed by atoms with Gasteiger partial charge in [-0.2, -0.15) is 0 Å². The van der Waals surface area contributed by atoms with Crippen LogP contribution < -0.4 is 0 Å². The van der Waals surface area contributed by atoms with Crippen LogP contribution in [-0.4, -0.2) is 55.3 Å². The Morgan fingerprint density at radius 1 is 1.05 bits per heavy atom. The summed E-state index contributed by atoms with van der Waals surface area (Å²) >= 11 is 0. The largest absolute Gasteiger partial charge is 0.479 e. The summed E-state index contributed by atoms with van der Waals surface area (Å²) < 4.78 is 0. The molecule has 0 aliphatic carbocycles. The lowest BCUT2D eigenvalue weighted by atomic mass is 9.87. The van der Waals surface area contributed by atoms with Gasteiger partial charge in [-0.3, -0.25) is 4.79 Å². The number of carbonyl (C=O) groups excluding carboxylic acids is 1. The Labute approximate surface area is 106 Å². The molecule has 0 aliphatic rings. The molecule has 0 spiro atoms. The van der Waals surface area contributed by atoms with Gasteiger partial charge in [0, 0.05) is 5.56 Å². The molecule has 2 atom stereocenters. The zero-order valence-corrected chi connectivity index (χ0v) is 9.48. The van der Waals surface area contributed by atoms with Gasteiger partial charge in [-0.1, -0.05) is 30.3 Å². The van der Waals surface area contributed by atoms with Gasteiger partial charge >= 0.3 is 11.9 Å². The summed E-state index contributed by atoms with van der Waals surface area (Å²) in [6.45, 7) is 0. The van der Waals surface area contributed by atoms with E-state index in [-0.39, 0.29) is 11.0 Å². The van der Waals surface area contributed by atoms with Crippen LogP contribution in [0.1, 0.15) is 10.4 Å². The van der Waals surface area contributed by atoms with E-state index in [1.807, 2.05) is 0 Å². The molecule has 0 aliphatic heterocycles. The molecule has 0 saturated heterocycles. The highest BCUT2D eigenvalue weighted by Gasteiger charge is 2.54. The number of carboxylic acid groups (broad SMARTS) is 2. The molecule has 1 rings (SSSR count). The van der Waals surface area contributed by atoms with Crippen molar-refractivity contribution in [2.75, 3.05) is 0 Å². The van der Waals surface area contributed by atoms with Gasteiger partial charge in [-0.25, -0.2) is 9.59 Å². The van der Waals surface area contributed by atoms with E-state index in [1.165, 1.54) is 24.3 Å². The molecule has 1 aromatic carbocycles. The molecule has 2 unspecified atom stereocenters. The van der Waals surface area contributed by atoms with Crippen LogP contribution in [0.3, 0.4) is 0 Å². The van der Waals surface area contributed by atoms with E-state index in [4.69, 9.17) is 10.2 Å². The average molecular weight is 272 g/mol. The van der Waals surface area contributed by atoms with Crippen molar-refractivity contribution in [3.63, 3.8) is 0 Å². The first-order valence-corrected chi connectivity index (χ1v) is 4.78. The van der Waals surface area contributed by atoms with Crippen LogP contribution >= 0.6 is 0 Å². The van der Waals surface area contributed by atoms with Crippen molar-refractivity contribution >= 4 is 17.7 Å². The van der Waals surface area contributed by atoms with Crippen molar-refractivity contribution < 1.29 is 40.3 Å². The van der Waals surface area contributed by atoms with Crippen molar-refractivity contribution in [2.24, 2.45) is 0 Å². The van der Waals surface area contributed by atoms with Crippen LogP contribution in [-0.2, 0) is 9.59 Å². The Hall–Kier alpha value is -2.29. The number of aliphatic hydroxyl groups is 2. The van der Waals surface area contributed by atoms with Crippen LogP contribution in [0.2, 0.25) is 0 Å². The molecule has 0 heterocycles. The average Bonchev–Trinajstić information content (AvgIpc) is 2.36. The second-order valence-electron chi connectivity index (χ2n) is 3.51. The van der Waals surface area contributed by atoms with Crippen molar-refractivity contribution in [1.82, 2.24) is 0 Å². The molecule has 0 saturated carbocycles. The lowest BCUT2D eigenvalue weighted by molar-refractivity contribution is -0.175. The van der Waals surface area contributed by atoms with E-state index in [0.717, 1.165) is 0 Å². The molecule has 0 amide bonds. The summed E-state index contributed by atoms with van der Waals surface area (Å²) in [6.07, 6.45) is -2.76. The topological polar surface area (TPSA) is 164 Å². The van der Waals surface area contributed by atoms with Gasteiger partial charge in [0.25, 0.3) is 5.60 Å². The number of Topliss-reactive ketones (excluding diaryl/α,β-unsaturated/α-hetero) is 1. The number of carbonyl (C=O) groups is 3. The maximum atomic E-state index is 11.8. The number of aliphatic carboxylic acids is 2. The van der Waals surface area contributed by atoms with Crippen molar-refractivity contribution in [2.45, 2.75) is 11.7 Å². The third-order valence-electron chi connectivity index (χ3n) is 2.34. The zero-order chi connectivity index (χ0) is 13.9. The predicted molar refractivity (Wildman–Crippen MR) is 60.6 cm³/mol. The molecule has 0 aromatic heterocycles. The fraction of sp³-hybridized carbons (Fsp3) is 0.182. The second kappa shape index (κ2) is 6.05. The molecule has 104 valence electrons. The molecular formula is C11H12O8. The van der Waals surface area contributed by atoms with Crippen molar-refractivity contribution in [3.05, 3.63) is 35.9 Å². The number of hydrogen-bond donors (Lipinski definition) is 4. The van der Waals surface area contributed by atoms with Gasteiger partial charge < -0.3 is 25.9 Å². The van der Waals surface area contributed by atoms with E-state index in [9.17, 15) is 24.6 Å². The smallest absolute Gasteiger partial charge is 0.347 e. The normalized spacial score (nSPS) is 14.6. The number of benzene rings is 1. The number of carboxylic acids is 2. The third-order valence-corrected chi connectivity index (χ3v) is 2.34. The second-order valence-corrected chi connectivity index (χ2v) is 3.51. The molecular weight excluding hydrogens is 260 g/mol. The van der Waals surface area contributed by atoms with E-state index in [2.05, 4.69) is 0 Å². The van der Waals surface area contributed by atoms with E-state index >= 15 is 0 Å². The minimum atomic E-state index is -3.42. The summed E-state index contributed by atoms with van der Waals surface area (Å²) in [5, 5.41) is 36.2. The lowest BCUT2D eigenvalue weighted by Gasteiger charge is -2.24. The highest BCUT2D eigenvalue weighted by atomic mass is 16.4. The van der Waals surface area contributed by atoms with E-state index in [1.54, 1.807) is 6.07 Å². The molecule has 0 fully saturated rings. The number of aliphatic hydroxyl groups excluding tert-OH is 1. The summed E-state index contributed by atoms with van der Waals surface area (Å²) in [7, 11) is 0. The van der Waals surface area contributed by atoms with E-state index in [0.29, 0.717) is 0 Å². The summed E-state index contributed by atoms with van der Waals surface area (Å²) in [4.78, 5) is 33.2. The maximum Gasteiger partial charge on any atom is 0.347 e. The third kappa shape index (κ3) is 2.94. The molecule has 0 radical (unpaired) electrons. The first-order valence-electron chi connectivity index (χ1n) is 4.78. The van der Waals surface area contributed by atoms with Crippen LogP contribution in [0.4, 0.5) is 0 Å². The van der Waals surface area contributed by atoms with Gasteiger partial charge in [-0.15, -0.1) is 0 Å². The maximum absolute atomic E-state index is 11.8. The Bertz CT molecular complexity index is 483. The summed E-state index contributed by atoms with van der Waals surface area (Å²) in [6, 6.07) is 6.76. The molecule has 8 nitrogen and oxygen atoms in total. The Kier molecular flexibility index (Phi) is 5.32. The van der Waals surface area contributed by atoms with Gasteiger partial charge in [-0.05, 0) is 0 Å². The first-order chi connectivity index (χ1) is 8.31. The zero-order valence-electron chi connectivity index (χ0n) is 9.48. The molecule has 0 bridgehead atoms. The van der Waals surface area contributed by atoms with Gasteiger partial charge in [0.15, 0.2) is 6.10 Å². The first kappa shape index (κ1) is 16.7. The van der Waals surface area contributed by atoms with E-state index < -0.39 is 29.4 Å². The predicted octanol–water partition coefficient (Wildman–Crippen LogP) is -1.69. The highest BCUT2D eigenvalue weighted by Crippen LogP contribution is 2.19. The highest BCUT2D eigenvalue weighted by molar-refractivity contribution is 6.17. The summed E-state index contributed by atoms with van der Waals surface area (Å²) in [5.41, 5.74) is -3.64. The van der Waals surface area contributed by atoms with Gasteiger partial charge in [0.05, 0.1) is 0 Å². The molecule has 19 heavy (non-hydrogen) atoms. The Balaban J connectivity index is 0.00000324. The Morgan fingerprint density at radius 3 is 1.89 bits per heavy atom. The fourth-order valence-corrected chi connectivity index (χ4v) is 1.33. The van der Waals surface area contributed by atoms with Crippen LogP contribution in [0.15, 0.2) is 30.3 Å². The molecule has 6 N–H and O–H groups in total. The summed E-state index contributed by atoms with van der Waals surface area (Å²) in [5.74, 6) is -5.54. The fourth-order valence-electron chi connectivity index (χ4n) is 1.33. The van der Waals surface area contributed by atoms with Crippen LogP contribution in [0.25, 0.3) is 0 Å². The van der Waals surface area contributed by atoms with Crippen molar-refractivity contribution in [3.8, 4) is 0 Å². The minimum absolute atomic E-state index is 0. The van der Waals surface area contributed by atoms with Crippen LogP contribution in [0.5, 0.6) is 0 Å². The quantitative estimate of drug-likeness (QED) is 0.366. The number of ketones is 1. The number of hydrogen-bond acceptors (Lipinski definition) is 5. The van der Waals surface area contributed by atoms with Crippen LogP contribution in [0, 0.1) is 0 Å². The Morgan fingerprint density at radius 2 is 1.53 bits per heavy atom. The lowest BCUT2D eigenvalue weighted by Crippen LogP contribution is -2.58. The molecule has 8 heteroatoms. The molecule has 1 aromatic rings. The monoisotopic (exact) mass is 272 g/mol. The van der Waals surface area contributed by atoms with Gasteiger partial charge in [0.1, 0.15) is 0 Å². The number of rotatable bonds is 5. The minimum Gasteiger partial charge on any atom is -0.479 e. The SMILES string of the molecule is O.O=C(O)C(O)C(O)(C(=O)O)C(=O)c1ccccc1. The van der Waals surface area contributed by atoms with Gasteiger partial charge in [0.2, 0.25) is 5.78 Å².